The molecule has 0 unspecified atom stereocenters. The lowest BCUT2D eigenvalue weighted by atomic mass is 9.81. The molecular weight excluding hydrogens is 773 g/mol. The first-order valence-corrected chi connectivity index (χ1v) is 21.9. The number of terminal acetylenes is 1. The molecule has 0 radical (unpaired) electrons. The number of methoxy groups -OCH3 is 3. The minimum atomic E-state index is -2.50. The molecule has 2 saturated heterocycles. The Kier molecular flexibility index (Phi) is 19.0. The van der Waals surface area contributed by atoms with E-state index in [2.05, 4.69) is 18.9 Å². The fourth-order valence-corrected chi connectivity index (χ4v) is 9.70. The minimum Gasteiger partial charge on any atom is -0.456 e. The second-order valence-electron chi connectivity index (χ2n) is 17.7. The van der Waals surface area contributed by atoms with Gasteiger partial charge in [-0.3, -0.25) is 9.59 Å². The summed E-state index contributed by atoms with van der Waals surface area (Å²) in [6.07, 6.45) is 10.4. The van der Waals surface area contributed by atoms with Crippen molar-refractivity contribution in [2.24, 2.45) is 29.6 Å². The lowest BCUT2D eigenvalue weighted by Crippen LogP contribution is -2.64. The van der Waals surface area contributed by atoms with Gasteiger partial charge in [-0.2, -0.15) is 0 Å². The molecule has 0 aromatic rings. The van der Waals surface area contributed by atoms with Crippen LogP contribution in [0, 0.1) is 47.3 Å². The number of nitrogens with zero attached hydrogens (tertiary/aromatic N) is 1. The predicted molar refractivity (Wildman–Crippen MR) is 224 cm³/mol. The van der Waals surface area contributed by atoms with Gasteiger partial charge in [0.2, 0.25) is 5.79 Å². The van der Waals surface area contributed by atoms with E-state index in [-0.39, 0.29) is 56.3 Å². The van der Waals surface area contributed by atoms with Gasteiger partial charge in [0.1, 0.15) is 31.0 Å². The van der Waals surface area contributed by atoms with Gasteiger partial charge in [0, 0.05) is 57.8 Å². The minimum absolute atomic E-state index is 0.00701. The van der Waals surface area contributed by atoms with Gasteiger partial charge in [-0.1, -0.05) is 51.3 Å². The van der Waals surface area contributed by atoms with E-state index >= 15 is 0 Å². The number of amides is 1. The molecule has 338 valence electrons. The number of cyclic esters (lactones) is 1. The second-order valence-corrected chi connectivity index (χ2v) is 17.7. The van der Waals surface area contributed by atoms with Crippen molar-refractivity contribution in [2.75, 3.05) is 34.5 Å². The Hall–Kier alpha value is -3.00. The van der Waals surface area contributed by atoms with Crippen molar-refractivity contribution in [1.82, 2.24) is 4.90 Å². The number of rotatable bonds is 9. The van der Waals surface area contributed by atoms with E-state index in [1.54, 1.807) is 28.3 Å². The Morgan fingerprint density at radius 1 is 1.00 bits per heavy atom. The number of Topliss-reactive ketones (excluding diaryl/α,β-unsaturated/α-hetero) is 1. The number of aliphatic hydroxyl groups is 2. The Balaban J connectivity index is 1.82. The largest absolute Gasteiger partial charge is 0.456 e. The zero-order valence-electron chi connectivity index (χ0n) is 37.4. The molecule has 14 atom stereocenters. The third kappa shape index (κ3) is 12.1. The van der Waals surface area contributed by atoms with Crippen LogP contribution < -0.4 is 0 Å². The van der Waals surface area contributed by atoms with Crippen LogP contribution in [0.3, 0.4) is 0 Å². The fraction of sp³-hybridized carbons (Fsp3) is 0.783. The van der Waals surface area contributed by atoms with Crippen molar-refractivity contribution >= 4 is 23.4 Å². The molecule has 14 heteroatoms. The van der Waals surface area contributed by atoms with Gasteiger partial charge in [0.15, 0.2) is 0 Å². The van der Waals surface area contributed by atoms with E-state index in [9.17, 15) is 30.0 Å². The molecule has 3 aliphatic heterocycles. The molecular formula is C46H72N2O12. The van der Waals surface area contributed by atoms with Crippen LogP contribution in [0.1, 0.15) is 112 Å². The number of carbonyl (C=O) groups is 3. The first-order chi connectivity index (χ1) is 28.5. The molecule has 0 spiro atoms. The summed E-state index contributed by atoms with van der Waals surface area (Å²) in [4.78, 5) is 55.9. The fourth-order valence-electron chi connectivity index (χ4n) is 9.70. The highest BCUT2D eigenvalue weighted by molar-refractivity contribution is 6.39. The number of ether oxygens (including phenoxy) is 5. The standard InChI is InChI=1S/C46H72N2O12/c1-11-19-57-60-37-26-34(47)33(12-2)21-27(3)20-28(4)22-39(55-9)42-40(56-10)24-30(6)46(53,59-42)43(50)44(51)48-18-14-13-15-35(48)45(52)58-41(31(37)7)29(5)23-32-16-17-36(49)38(25-32)54-8/h1,21,23,28,30-33,35-42,47,49,53H,12-20,22,24-26H2,2-10H3/b27-21+,29-23+,47-34?/t28-,30+,31+,32-,33+,35-,36+,37-,38+,39-,40-,41+,42+,46+/m0/s1. The molecule has 1 aliphatic carbocycles. The maximum atomic E-state index is 14.5. The van der Waals surface area contributed by atoms with Crippen molar-refractivity contribution in [1.29, 1.82) is 5.41 Å². The molecule has 1 amide bonds. The van der Waals surface area contributed by atoms with Crippen LogP contribution in [0.15, 0.2) is 23.3 Å². The number of nitrogens with one attached hydrogen (secondary N) is 1. The van der Waals surface area contributed by atoms with E-state index < -0.39 is 77.9 Å². The van der Waals surface area contributed by atoms with Crippen molar-refractivity contribution in [3.05, 3.63) is 23.3 Å². The third-order valence-electron chi connectivity index (χ3n) is 13.3. The van der Waals surface area contributed by atoms with Crippen LogP contribution in [0.25, 0.3) is 0 Å². The van der Waals surface area contributed by atoms with Gasteiger partial charge in [-0.05, 0) is 95.5 Å². The quantitative estimate of drug-likeness (QED) is 0.0504. The molecule has 2 bridgehead atoms. The number of hydrogen-bond donors (Lipinski definition) is 3. The highest BCUT2D eigenvalue weighted by atomic mass is 17.2. The SMILES string of the molecule is C#CCOO[C@H]1CC(=N)[C@H](CC)/C=C(\C)C[C@H](C)C[C@H](OC)[C@H]2O[C@@](O)(C(=O)C(=O)N3CCCC[C@H]3C(=O)O[C@H](/C(C)=C/[C@@H]3CC[C@@H](O)[C@H](OC)C3)[C@@H]1C)[C@H](C)C[C@@H]2OC. The van der Waals surface area contributed by atoms with Crippen LogP contribution >= 0.6 is 0 Å². The van der Waals surface area contributed by atoms with Gasteiger partial charge in [-0.25, -0.2) is 14.6 Å². The maximum Gasteiger partial charge on any atom is 0.329 e. The lowest BCUT2D eigenvalue weighted by Gasteiger charge is -2.47. The first kappa shape index (κ1) is 49.7. The molecule has 14 nitrogen and oxygen atoms in total. The summed E-state index contributed by atoms with van der Waals surface area (Å²) in [5, 5.41) is 32.0. The summed E-state index contributed by atoms with van der Waals surface area (Å²) in [6, 6.07) is -1.12. The Morgan fingerprint density at radius 2 is 1.68 bits per heavy atom. The lowest BCUT2D eigenvalue weighted by molar-refractivity contribution is -0.326. The molecule has 3 N–H and O–H groups in total. The van der Waals surface area contributed by atoms with Crippen molar-refractivity contribution < 1.29 is 58.1 Å². The van der Waals surface area contributed by atoms with Gasteiger partial charge >= 0.3 is 5.97 Å². The van der Waals surface area contributed by atoms with E-state index in [4.69, 9.17) is 39.9 Å². The number of aliphatic hydroxyl groups excluding tert-OH is 1. The van der Waals surface area contributed by atoms with Crippen molar-refractivity contribution in [3.8, 4) is 12.3 Å². The monoisotopic (exact) mass is 845 g/mol. The number of carbonyl (C=O) groups excluding carboxylic acids is 3. The number of fused-ring (bicyclic) bond motifs is 3. The highest BCUT2D eigenvalue weighted by Crippen LogP contribution is 2.39. The van der Waals surface area contributed by atoms with Crippen LogP contribution in [-0.4, -0.2) is 128 Å². The molecule has 3 heterocycles. The summed E-state index contributed by atoms with van der Waals surface area (Å²) in [7, 11) is 4.67. The average Bonchev–Trinajstić information content (AvgIpc) is 3.23. The zero-order chi connectivity index (χ0) is 44.3. The Morgan fingerprint density at radius 3 is 2.33 bits per heavy atom. The topological polar surface area (TPSA) is 183 Å². The van der Waals surface area contributed by atoms with Crippen LogP contribution in [0.2, 0.25) is 0 Å². The molecule has 3 fully saturated rings. The number of ketones is 1. The Bertz CT molecular complexity index is 1580. The smallest absolute Gasteiger partial charge is 0.329 e. The summed E-state index contributed by atoms with van der Waals surface area (Å²) in [6.45, 7) is 11.5. The predicted octanol–water partition coefficient (Wildman–Crippen LogP) is 5.51. The van der Waals surface area contributed by atoms with E-state index in [0.29, 0.717) is 62.7 Å². The van der Waals surface area contributed by atoms with Gasteiger partial charge in [-0.15, -0.1) is 6.42 Å². The Labute approximate surface area is 357 Å². The van der Waals surface area contributed by atoms with Crippen LogP contribution in [0.5, 0.6) is 0 Å². The first-order valence-electron chi connectivity index (χ1n) is 21.9. The van der Waals surface area contributed by atoms with Gasteiger partial charge in [0.05, 0.1) is 24.4 Å². The van der Waals surface area contributed by atoms with Gasteiger partial charge in [0.25, 0.3) is 11.7 Å². The molecule has 0 aromatic heterocycles. The van der Waals surface area contributed by atoms with Crippen LogP contribution in [-0.2, 0) is 47.8 Å². The summed E-state index contributed by atoms with van der Waals surface area (Å²) in [5.41, 5.74) is 2.20. The number of esters is 1. The molecule has 0 aromatic carbocycles. The number of piperidine rings is 1. The normalized spacial score (nSPS) is 39.4. The maximum absolute atomic E-state index is 14.5. The molecule has 4 aliphatic rings. The number of allylic oxidation sites excluding steroid dienone is 3. The molecule has 4 rings (SSSR count). The summed E-state index contributed by atoms with van der Waals surface area (Å²) in [5.74, 6) is -4.54. The van der Waals surface area contributed by atoms with Crippen molar-refractivity contribution in [2.45, 2.75) is 167 Å². The van der Waals surface area contributed by atoms with E-state index in [1.807, 2.05) is 33.8 Å². The molecule has 1 saturated carbocycles. The highest BCUT2D eigenvalue weighted by Gasteiger charge is 2.56. The average molecular weight is 845 g/mol. The number of hydrogen-bond acceptors (Lipinski definition) is 13. The van der Waals surface area contributed by atoms with E-state index in [0.717, 1.165) is 5.57 Å². The van der Waals surface area contributed by atoms with Crippen molar-refractivity contribution in [3.63, 3.8) is 0 Å². The summed E-state index contributed by atoms with van der Waals surface area (Å²) < 4.78 is 30.1. The third-order valence-corrected chi connectivity index (χ3v) is 13.3. The molecule has 60 heavy (non-hydrogen) atoms. The zero-order valence-corrected chi connectivity index (χ0v) is 37.4. The van der Waals surface area contributed by atoms with E-state index in [1.165, 1.54) is 4.90 Å². The van der Waals surface area contributed by atoms with Gasteiger partial charge < -0.3 is 44.2 Å². The second kappa shape index (κ2) is 22.9. The van der Waals surface area contributed by atoms with Crippen LogP contribution in [0.4, 0.5) is 0 Å². The summed E-state index contributed by atoms with van der Waals surface area (Å²) >= 11 is 0.